The summed E-state index contributed by atoms with van der Waals surface area (Å²) in [6, 6.07) is 1.05. The Morgan fingerprint density at radius 3 is 2.41 bits per heavy atom. The Labute approximate surface area is 105 Å². The van der Waals surface area contributed by atoms with E-state index in [1.807, 2.05) is 13.8 Å². The minimum Gasteiger partial charge on any atom is -0.349 e. The van der Waals surface area contributed by atoms with Crippen LogP contribution in [0.25, 0.3) is 0 Å². The molecule has 1 saturated carbocycles. The molecular weight excluding hydrogens is 214 g/mol. The molecule has 2 aliphatic rings. The standard InChI is InChI=1S/C14H27NO2/c1-4-11-7-5-6-8-13(11)15-12-9-16-14(2,3)17-10-12/h11-13,15H,4-10H2,1-3H3. The Morgan fingerprint density at radius 1 is 1.12 bits per heavy atom. The van der Waals surface area contributed by atoms with Crippen molar-refractivity contribution in [1.29, 1.82) is 0 Å². The second-order valence-corrected chi connectivity index (χ2v) is 5.94. The molecule has 2 rings (SSSR count). The number of hydrogen-bond donors (Lipinski definition) is 1. The summed E-state index contributed by atoms with van der Waals surface area (Å²) in [4.78, 5) is 0. The molecule has 2 fully saturated rings. The maximum Gasteiger partial charge on any atom is 0.162 e. The third-order valence-electron chi connectivity index (χ3n) is 4.15. The smallest absolute Gasteiger partial charge is 0.162 e. The van der Waals surface area contributed by atoms with Gasteiger partial charge in [0.05, 0.1) is 19.3 Å². The molecule has 2 unspecified atom stereocenters. The van der Waals surface area contributed by atoms with Crippen LogP contribution in [0.2, 0.25) is 0 Å². The van der Waals surface area contributed by atoms with Crippen LogP contribution < -0.4 is 5.32 Å². The first-order chi connectivity index (χ1) is 8.11. The lowest BCUT2D eigenvalue weighted by molar-refractivity contribution is -0.254. The predicted octanol–water partition coefficient (Wildman–Crippen LogP) is 2.70. The molecule has 0 aromatic rings. The largest absolute Gasteiger partial charge is 0.349 e. The molecule has 0 amide bonds. The first kappa shape index (κ1) is 13.3. The lowest BCUT2D eigenvalue weighted by Crippen LogP contribution is -2.53. The minimum absolute atomic E-state index is 0.375. The van der Waals surface area contributed by atoms with Gasteiger partial charge >= 0.3 is 0 Å². The number of nitrogens with one attached hydrogen (secondary N) is 1. The van der Waals surface area contributed by atoms with Gasteiger partial charge in [-0.25, -0.2) is 0 Å². The van der Waals surface area contributed by atoms with E-state index < -0.39 is 5.79 Å². The van der Waals surface area contributed by atoms with Crippen LogP contribution in [0, 0.1) is 5.92 Å². The molecule has 0 bridgehead atoms. The lowest BCUT2D eigenvalue weighted by atomic mass is 9.82. The van der Waals surface area contributed by atoms with Gasteiger partial charge in [0.25, 0.3) is 0 Å². The zero-order valence-corrected chi connectivity index (χ0v) is 11.5. The maximum atomic E-state index is 5.70. The first-order valence-electron chi connectivity index (χ1n) is 7.14. The molecule has 100 valence electrons. The fourth-order valence-electron chi connectivity index (χ4n) is 3.01. The molecule has 3 heteroatoms. The van der Waals surface area contributed by atoms with Gasteiger partial charge in [-0.1, -0.05) is 26.2 Å². The van der Waals surface area contributed by atoms with Crippen LogP contribution in [0.1, 0.15) is 52.9 Å². The Morgan fingerprint density at radius 2 is 1.76 bits per heavy atom. The fourth-order valence-corrected chi connectivity index (χ4v) is 3.01. The second-order valence-electron chi connectivity index (χ2n) is 5.94. The Hall–Kier alpha value is -0.120. The fraction of sp³-hybridized carbons (Fsp3) is 1.00. The van der Waals surface area contributed by atoms with Gasteiger partial charge in [-0.3, -0.25) is 0 Å². The van der Waals surface area contributed by atoms with Crippen molar-refractivity contribution in [2.24, 2.45) is 5.92 Å². The topological polar surface area (TPSA) is 30.5 Å². The monoisotopic (exact) mass is 241 g/mol. The van der Waals surface area contributed by atoms with Gasteiger partial charge in [-0.05, 0) is 32.6 Å². The molecule has 0 spiro atoms. The van der Waals surface area contributed by atoms with Gasteiger partial charge in [0.2, 0.25) is 0 Å². The summed E-state index contributed by atoms with van der Waals surface area (Å²) >= 11 is 0. The van der Waals surface area contributed by atoms with Crippen molar-refractivity contribution in [2.75, 3.05) is 13.2 Å². The first-order valence-corrected chi connectivity index (χ1v) is 7.14. The number of ether oxygens (including phenoxy) is 2. The van der Waals surface area contributed by atoms with Gasteiger partial charge in [-0.15, -0.1) is 0 Å². The minimum atomic E-state index is -0.394. The SMILES string of the molecule is CCC1CCCCC1NC1COC(C)(C)OC1. The Bertz CT molecular complexity index is 232. The highest BCUT2D eigenvalue weighted by Gasteiger charge is 2.31. The van der Waals surface area contributed by atoms with Crippen molar-refractivity contribution in [1.82, 2.24) is 5.32 Å². The average molecular weight is 241 g/mol. The molecule has 1 aliphatic heterocycles. The van der Waals surface area contributed by atoms with E-state index in [-0.39, 0.29) is 0 Å². The van der Waals surface area contributed by atoms with E-state index in [1.54, 1.807) is 0 Å². The molecule has 0 aromatic heterocycles. The van der Waals surface area contributed by atoms with Crippen LogP contribution in [0.15, 0.2) is 0 Å². The quantitative estimate of drug-likeness (QED) is 0.824. The summed E-state index contributed by atoms with van der Waals surface area (Å²) in [7, 11) is 0. The molecule has 3 nitrogen and oxygen atoms in total. The van der Waals surface area contributed by atoms with Crippen LogP contribution in [0.3, 0.4) is 0 Å². The van der Waals surface area contributed by atoms with Crippen LogP contribution >= 0.6 is 0 Å². The number of rotatable bonds is 3. The van der Waals surface area contributed by atoms with Gasteiger partial charge in [-0.2, -0.15) is 0 Å². The summed E-state index contributed by atoms with van der Waals surface area (Å²) < 4.78 is 11.4. The van der Waals surface area contributed by atoms with Gasteiger partial charge in [0.1, 0.15) is 0 Å². The highest BCUT2D eigenvalue weighted by molar-refractivity contribution is 4.84. The zero-order valence-electron chi connectivity index (χ0n) is 11.5. The van der Waals surface area contributed by atoms with Crippen molar-refractivity contribution in [3.8, 4) is 0 Å². The summed E-state index contributed by atoms with van der Waals surface area (Å²) in [5.74, 6) is 0.452. The van der Waals surface area contributed by atoms with E-state index in [0.717, 1.165) is 19.1 Å². The highest BCUT2D eigenvalue weighted by Crippen LogP contribution is 2.28. The van der Waals surface area contributed by atoms with E-state index >= 15 is 0 Å². The van der Waals surface area contributed by atoms with Crippen molar-refractivity contribution in [3.05, 3.63) is 0 Å². The molecule has 2 atom stereocenters. The maximum absolute atomic E-state index is 5.70. The van der Waals surface area contributed by atoms with E-state index in [0.29, 0.717) is 12.1 Å². The summed E-state index contributed by atoms with van der Waals surface area (Å²) in [5.41, 5.74) is 0. The van der Waals surface area contributed by atoms with Crippen LogP contribution in [-0.4, -0.2) is 31.1 Å². The molecule has 17 heavy (non-hydrogen) atoms. The highest BCUT2D eigenvalue weighted by atomic mass is 16.7. The molecule has 0 aromatic carbocycles. The van der Waals surface area contributed by atoms with Crippen LogP contribution in [0.4, 0.5) is 0 Å². The molecule has 0 radical (unpaired) electrons. The van der Waals surface area contributed by atoms with E-state index in [2.05, 4.69) is 12.2 Å². The normalized spacial score (nSPS) is 34.8. The third-order valence-corrected chi connectivity index (χ3v) is 4.15. The summed E-state index contributed by atoms with van der Waals surface area (Å²) in [6.07, 6.45) is 6.76. The van der Waals surface area contributed by atoms with Crippen molar-refractivity contribution in [3.63, 3.8) is 0 Å². The molecule has 1 aliphatic carbocycles. The van der Waals surface area contributed by atoms with Crippen LogP contribution in [0.5, 0.6) is 0 Å². The van der Waals surface area contributed by atoms with Crippen molar-refractivity contribution >= 4 is 0 Å². The van der Waals surface area contributed by atoms with E-state index in [1.165, 1.54) is 32.1 Å². The van der Waals surface area contributed by atoms with Crippen LogP contribution in [-0.2, 0) is 9.47 Å². The van der Waals surface area contributed by atoms with Gasteiger partial charge in [0, 0.05) is 6.04 Å². The summed E-state index contributed by atoms with van der Waals surface area (Å²) in [6.45, 7) is 7.83. The molecule has 1 saturated heterocycles. The Balaban J connectivity index is 1.80. The van der Waals surface area contributed by atoms with E-state index in [4.69, 9.17) is 9.47 Å². The predicted molar refractivity (Wildman–Crippen MR) is 68.9 cm³/mol. The molecule has 1 heterocycles. The number of hydrogen-bond acceptors (Lipinski definition) is 3. The molecule has 1 N–H and O–H groups in total. The van der Waals surface area contributed by atoms with Gasteiger partial charge in [0.15, 0.2) is 5.79 Å². The average Bonchev–Trinajstić information content (AvgIpc) is 2.32. The second kappa shape index (κ2) is 5.68. The Kier molecular flexibility index (Phi) is 4.45. The third kappa shape index (κ3) is 3.67. The lowest BCUT2D eigenvalue weighted by Gasteiger charge is -2.39. The van der Waals surface area contributed by atoms with Gasteiger partial charge < -0.3 is 14.8 Å². The van der Waals surface area contributed by atoms with E-state index in [9.17, 15) is 0 Å². The summed E-state index contributed by atoms with van der Waals surface area (Å²) in [5, 5.41) is 3.75. The van der Waals surface area contributed by atoms with Crippen molar-refractivity contribution < 1.29 is 9.47 Å². The zero-order chi connectivity index (χ0) is 12.3. The van der Waals surface area contributed by atoms with Crippen molar-refractivity contribution in [2.45, 2.75) is 70.7 Å². The molecular formula is C14H27NO2.